The molecule has 0 unspecified atom stereocenters. The number of carbonyl (C=O) groups is 3. The summed E-state index contributed by atoms with van der Waals surface area (Å²) in [5.74, 6) is 2.19. The van der Waals surface area contributed by atoms with Crippen LogP contribution in [-0.2, 0) is 19.1 Å². The lowest BCUT2D eigenvalue weighted by Gasteiger charge is -2.71. The van der Waals surface area contributed by atoms with E-state index in [0.717, 1.165) is 51.4 Å². The van der Waals surface area contributed by atoms with Gasteiger partial charge < -0.3 is 15.0 Å². The fraction of sp³-hybridized carbons (Fsp3) is 0.861. The number of allylic oxidation sites excluding steroid dienone is 2. The van der Waals surface area contributed by atoms with Crippen LogP contribution in [0.4, 0.5) is 0 Å². The largest absolute Gasteiger partial charge is 0.462 e. The normalized spacial score (nSPS) is 45.6. The first-order chi connectivity index (χ1) is 19.5. The monoisotopic (exact) mass is 582 g/mol. The number of rotatable bonds is 4. The molecule has 1 N–H and O–H groups in total. The van der Waals surface area contributed by atoms with Crippen molar-refractivity contribution in [3.63, 3.8) is 0 Å². The van der Waals surface area contributed by atoms with E-state index in [4.69, 9.17) is 4.74 Å². The summed E-state index contributed by atoms with van der Waals surface area (Å²) in [6.45, 7) is 18.8. The number of amides is 2. The zero-order chi connectivity index (χ0) is 31.0. The summed E-state index contributed by atoms with van der Waals surface area (Å²) in [4.78, 5) is 40.4. The second-order valence-corrected chi connectivity index (χ2v) is 16.6. The van der Waals surface area contributed by atoms with Crippen LogP contribution < -0.4 is 5.32 Å². The van der Waals surface area contributed by atoms with Gasteiger partial charge in [-0.1, -0.05) is 60.1 Å². The van der Waals surface area contributed by atoms with Crippen LogP contribution in [0.3, 0.4) is 0 Å². The van der Waals surface area contributed by atoms with Crippen LogP contribution in [0, 0.1) is 56.7 Å². The lowest BCUT2D eigenvalue weighted by atomic mass is 9.33. The average molecular weight is 583 g/mol. The van der Waals surface area contributed by atoms with Gasteiger partial charge in [0.15, 0.2) is 0 Å². The minimum Gasteiger partial charge on any atom is -0.462 e. The van der Waals surface area contributed by atoms with Crippen molar-refractivity contribution in [2.45, 2.75) is 119 Å². The van der Waals surface area contributed by atoms with E-state index >= 15 is 0 Å². The fourth-order valence-corrected chi connectivity index (χ4v) is 12.0. The van der Waals surface area contributed by atoms with Gasteiger partial charge in [-0.25, -0.2) is 0 Å². The smallest absolute Gasteiger partial charge is 0.302 e. The molecule has 6 heteroatoms. The van der Waals surface area contributed by atoms with Crippen LogP contribution in [-0.4, -0.2) is 49.4 Å². The van der Waals surface area contributed by atoms with Crippen molar-refractivity contribution in [3.8, 4) is 0 Å². The molecule has 0 aliphatic heterocycles. The van der Waals surface area contributed by atoms with Gasteiger partial charge in [0.1, 0.15) is 6.10 Å². The standard InChI is InChI=1S/C36H58N2O4/c1-22-13-18-36(31(41)38(10)21-29(40)37-9)20-19-34(7)25(30(36)23(22)2)11-12-27-33(6)16-15-28(42-24(3)39)32(4,5)26(33)14-17-35(27,34)8/h11,22-23,26-28,30H,12-21H2,1-10H3,(H,37,40)/t22-,23+,26+,27-,28+,30+,33+,34-,35-,36+/m1/s1. The number of carbonyl (C=O) groups excluding carboxylic acids is 3. The molecule has 0 saturated heterocycles. The predicted molar refractivity (Wildman–Crippen MR) is 166 cm³/mol. The second-order valence-electron chi connectivity index (χ2n) is 16.6. The molecule has 6 nitrogen and oxygen atoms in total. The minimum absolute atomic E-state index is 0.0135. The number of likely N-dealkylation sites (N-methyl/N-ethyl adjacent to an activating group) is 2. The van der Waals surface area contributed by atoms with Crippen molar-refractivity contribution in [2.75, 3.05) is 20.6 Å². The second kappa shape index (κ2) is 10.4. The maximum atomic E-state index is 14.4. The van der Waals surface area contributed by atoms with Gasteiger partial charge in [-0.3, -0.25) is 14.4 Å². The first-order valence-corrected chi connectivity index (χ1v) is 16.8. The first-order valence-electron chi connectivity index (χ1n) is 16.8. The van der Waals surface area contributed by atoms with E-state index in [9.17, 15) is 14.4 Å². The summed E-state index contributed by atoms with van der Waals surface area (Å²) >= 11 is 0. The van der Waals surface area contributed by atoms with Crippen LogP contribution in [0.15, 0.2) is 11.6 Å². The molecule has 5 aliphatic carbocycles. The Kier molecular flexibility index (Phi) is 7.79. The lowest BCUT2D eigenvalue weighted by molar-refractivity contribution is -0.213. The van der Waals surface area contributed by atoms with Crippen molar-refractivity contribution in [1.82, 2.24) is 10.2 Å². The Morgan fingerprint density at radius 2 is 1.64 bits per heavy atom. The lowest BCUT2D eigenvalue weighted by Crippen LogP contribution is -2.66. The zero-order valence-electron chi connectivity index (χ0n) is 28.2. The molecule has 0 heterocycles. The van der Waals surface area contributed by atoms with Crippen molar-refractivity contribution < 1.29 is 19.1 Å². The molecule has 0 spiro atoms. The van der Waals surface area contributed by atoms with Crippen molar-refractivity contribution in [3.05, 3.63) is 11.6 Å². The highest BCUT2D eigenvalue weighted by Gasteiger charge is 2.69. The number of nitrogens with zero attached hydrogens (tertiary/aromatic N) is 1. The van der Waals surface area contributed by atoms with Gasteiger partial charge in [0.05, 0.1) is 12.0 Å². The quantitative estimate of drug-likeness (QED) is 0.293. The zero-order valence-corrected chi connectivity index (χ0v) is 28.2. The third-order valence-corrected chi connectivity index (χ3v) is 14.7. The third kappa shape index (κ3) is 4.26. The van der Waals surface area contributed by atoms with Crippen LogP contribution >= 0.6 is 0 Å². The maximum absolute atomic E-state index is 14.4. The molecule has 0 radical (unpaired) electrons. The van der Waals surface area contributed by atoms with Crippen molar-refractivity contribution >= 4 is 17.8 Å². The highest BCUT2D eigenvalue weighted by molar-refractivity contribution is 5.88. The minimum atomic E-state index is -0.422. The summed E-state index contributed by atoms with van der Waals surface area (Å²) in [6, 6.07) is 0. The average Bonchev–Trinajstić information content (AvgIpc) is 2.92. The van der Waals surface area contributed by atoms with Gasteiger partial charge in [-0.05, 0) is 104 Å². The molecule has 0 aromatic rings. The van der Waals surface area contributed by atoms with Crippen LogP contribution in [0.5, 0.6) is 0 Å². The molecule has 42 heavy (non-hydrogen) atoms. The number of hydrogen-bond donors (Lipinski definition) is 1. The van der Waals surface area contributed by atoms with Gasteiger partial charge >= 0.3 is 5.97 Å². The Balaban J connectivity index is 1.54. The molecule has 4 fully saturated rings. The van der Waals surface area contributed by atoms with Gasteiger partial charge in [-0.2, -0.15) is 0 Å². The summed E-state index contributed by atoms with van der Waals surface area (Å²) in [6.07, 6.45) is 12.0. The van der Waals surface area contributed by atoms with Crippen LogP contribution in [0.25, 0.3) is 0 Å². The molecule has 5 rings (SSSR count). The fourth-order valence-electron chi connectivity index (χ4n) is 12.0. The summed E-state index contributed by atoms with van der Waals surface area (Å²) in [7, 11) is 3.46. The molecule has 10 atom stereocenters. The van der Waals surface area contributed by atoms with Gasteiger partial charge in [0.2, 0.25) is 11.8 Å². The third-order valence-electron chi connectivity index (χ3n) is 14.7. The van der Waals surface area contributed by atoms with E-state index < -0.39 is 5.41 Å². The highest BCUT2D eigenvalue weighted by atomic mass is 16.5. The number of esters is 1. The molecular formula is C36H58N2O4. The van der Waals surface area contributed by atoms with Gasteiger partial charge in [-0.15, -0.1) is 0 Å². The molecule has 0 bridgehead atoms. The molecule has 0 aromatic heterocycles. The molecule has 0 aromatic carbocycles. The van der Waals surface area contributed by atoms with Crippen LogP contribution in [0.2, 0.25) is 0 Å². The predicted octanol–water partition coefficient (Wildman–Crippen LogP) is 6.78. The van der Waals surface area contributed by atoms with E-state index in [1.807, 2.05) is 7.05 Å². The van der Waals surface area contributed by atoms with E-state index in [0.29, 0.717) is 23.7 Å². The Hall–Kier alpha value is -1.85. The summed E-state index contributed by atoms with van der Waals surface area (Å²) in [5.41, 5.74) is 1.46. The van der Waals surface area contributed by atoms with Gasteiger partial charge in [0, 0.05) is 26.4 Å². The Morgan fingerprint density at radius 3 is 2.29 bits per heavy atom. The number of hydrogen-bond acceptors (Lipinski definition) is 4. The molecule has 236 valence electrons. The SMILES string of the molecule is CNC(=O)CN(C)C(=O)[C@]12CC[C@@H](C)[C@H](C)[C@H]1C1=CC[C@@H]3[C@@]4(C)CC[C@H](OC(C)=O)C(C)(C)[C@@H]4CC[C@@]3(C)[C@]1(C)CC2. The number of nitrogens with one attached hydrogen (secondary N) is 1. The summed E-state index contributed by atoms with van der Waals surface area (Å²) < 4.78 is 5.92. The van der Waals surface area contributed by atoms with E-state index in [1.54, 1.807) is 24.4 Å². The summed E-state index contributed by atoms with van der Waals surface area (Å²) in [5, 5.41) is 2.70. The Bertz CT molecular complexity index is 1160. The molecule has 2 amide bonds. The Labute approximate surface area is 255 Å². The number of fused-ring (bicyclic) bond motifs is 7. The first kappa shape index (κ1) is 31.6. The topological polar surface area (TPSA) is 75.7 Å². The van der Waals surface area contributed by atoms with Crippen molar-refractivity contribution in [1.29, 1.82) is 0 Å². The van der Waals surface area contributed by atoms with E-state index in [2.05, 4.69) is 59.9 Å². The van der Waals surface area contributed by atoms with Crippen molar-refractivity contribution in [2.24, 2.45) is 56.7 Å². The number of ether oxygens (including phenoxy) is 1. The molecule has 4 saturated carbocycles. The molecular weight excluding hydrogens is 524 g/mol. The Morgan fingerprint density at radius 1 is 0.952 bits per heavy atom. The van der Waals surface area contributed by atoms with Crippen LogP contribution in [0.1, 0.15) is 113 Å². The van der Waals surface area contributed by atoms with E-state index in [-0.39, 0.29) is 58.0 Å². The highest BCUT2D eigenvalue weighted by Crippen LogP contribution is 2.76. The van der Waals surface area contributed by atoms with Gasteiger partial charge in [0.25, 0.3) is 0 Å². The molecule has 5 aliphatic rings. The maximum Gasteiger partial charge on any atom is 0.302 e. The van der Waals surface area contributed by atoms with E-state index in [1.165, 1.54) is 6.42 Å².